The fourth-order valence-corrected chi connectivity index (χ4v) is 4.74. The van der Waals surface area contributed by atoms with Crippen molar-refractivity contribution < 1.29 is 13.2 Å². The van der Waals surface area contributed by atoms with Gasteiger partial charge in [-0.3, -0.25) is 4.79 Å². The molecule has 31 heavy (non-hydrogen) atoms. The smallest absolute Gasteiger partial charge is 0.243 e. The molecule has 0 aliphatic carbocycles. The van der Waals surface area contributed by atoms with Gasteiger partial charge in [-0.2, -0.15) is 4.31 Å². The second kappa shape index (κ2) is 10.3. The molecule has 3 aromatic carbocycles. The lowest BCUT2D eigenvalue weighted by Gasteiger charge is -2.22. The van der Waals surface area contributed by atoms with E-state index in [1.807, 2.05) is 37.3 Å². The summed E-state index contributed by atoms with van der Waals surface area (Å²) in [5, 5.41) is 3.15. The van der Waals surface area contributed by atoms with Crippen LogP contribution >= 0.6 is 23.2 Å². The van der Waals surface area contributed by atoms with Crippen molar-refractivity contribution in [3.05, 3.63) is 94.0 Å². The fraction of sp³-hybridized carbons (Fsp3) is 0.174. The van der Waals surface area contributed by atoms with Crippen molar-refractivity contribution in [1.82, 2.24) is 4.31 Å². The molecule has 0 bridgehead atoms. The van der Waals surface area contributed by atoms with Gasteiger partial charge < -0.3 is 5.32 Å². The predicted molar refractivity (Wildman–Crippen MR) is 125 cm³/mol. The lowest BCUT2D eigenvalue weighted by atomic mass is 10.1. The van der Waals surface area contributed by atoms with Gasteiger partial charge in [0.2, 0.25) is 15.9 Å². The normalized spacial score (nSPS) is 11.5. The fourth-order valence-electron chi connectivity index (χ4n) is 2.99. The Balaban J connectivity index is 1.83. The van der Waals surface area contributed by atoms with Crippen LogP contribution in [-0.2, 0) is 21.2 Å². The Kier molecular flexibility index (Phi) is 7.73. The Hall–Kier alpha value is -2.38. The zero-order chi connectivity index (χ0) is 22.4. The van der Waals surface area contributed by atoms with Crippen molar-refractivity contribution in [2.75, 3.05) is 18.4 Å². The second-order valence-electron chi connectivity index (χ2n) is 7.04. The number of nitrogens with one attached hydrogen (secondary N) is 1. The molecule has 0 aliphatic rings. The highest BCUT2D eigenvalue weighted by atomic mass is 35.5. The summed E-state index contributed by atoms with van der Waals surface area (Å²) >= 11 is 12.1. The SMILES string of the molecule is Cc1ccc(S(=O)(=O)N(CCc2ccccc2)CC(=O)Nc2cccc(Cl)c2Cl)cc1. The summed E-state index contributed by atoms with van der Waals surface area (Å²) in [5.74, 6) is -0.507. The van der Waals surface area contributed by atoms with Gasteiger partial charge >= 0.3 is 0 Å². The Morgan fingerprint density at radius 2 is 1.61 bits per heavy atom. The zero-order valence-corrected chi connectivity index (χ0v) is 19.2. The van der Waals surface area contributed by atoms with Crippen molar-refractivity contribution in [3.63, 3.8) is 0 Å². The first kappa shape index (κ1) is 23.3. The van der Waals surface area contributed by atoms with Crippen molar-refractivity contribution in [2.45, 2.75) is 18.2 Å². The molecule has 0 radical (unpaired) electrons. The summed E-state index contributed by atoms with van der Waals surface area (Å²) < 4.78 is 27.7. The summed E-state index contributed by atoms with van der Waals surface area (Å²) in [6.45, 7) is 1.68. The number of carbonyl (C=O) groups excluding carboxylic acids is 1. The molecule has 0 aliphatic heterocycles. The van der Waals surface area contributed by atoms with E-state index < -0.39 is 15.9 Å². The highest BCUT2D eigenvalue weighted by molar-refractivity contribution is 7.89. The zero-order valence-electron chi connectivity index (χ0n) is 16.9. The first-order valence-electron chi connectivity index (χ1n) is 9.62. The number of amides is 1. The molecule has 3 aromatic rings. The Morgan fingerprint density at radius 1 is 0.935 bits per heavy atom. The summed E-state index contributed by atoms with van der Waals surface area (Å²) in [4.78, 5) is 12.8. The molecular weight excluding hydrogens is 455 g/mol. The quantitative estimate of drug-likeness (QED) is 0.487. The molecule has 0 saturated carbocycles. The molecule has 5 nitrogen and oxygen atoms in total. The van der Waals surface area contributed by atoms with Gasteiger partial charge in [-0.1, -0.05) is 77.3 Å². The number of nitrogens with zero attached hydrogens (tertiary/aromatic N) is 1. The Morgan fingerprint density at radius 3 is 2.29 bits per heavy atom. The van der Waals surface area contributed by atoms with Crippen LogP contribution in [0.25, 0.3) is 0 Å². The molecule has 0 heterocycles. The number of sulfonamides is 1. The van der Waals surface area contributed by atoms with Crippen LogP contribution in [0, 0.1) is 6.92 Å². The molecule has 0 atom stereocenters. The number of carbonyl (C=O) groups is 1. The van der Waals surface area contributed by atoms with Crippen LogP contribution in [0.5, 0.6) is 0 Å². The molecule has 0 spiro atoms. The lowest BCUT2D eigenvalue weighted by molar-refractivity contribution is -0.116. The number of aryl methyl sites for hydroxylation is 1. The summed E-state index contributed by atoms with van der Waals surface area (Å²) in [6.07, 6.45) is 0.469. The molecular formula is C23H22Cl2N2O3S. The van der Waals surface area contributed by atoms with E-state index in [1.54, 1.807) is 42.5 Å². The van der Waals surface area contributed by atoms with Crippen molar-refractivity contribution >= 4 is 44.8 Å². The molecule has 0 aromatic heterocycles. The number of rotatable bonds is 8. The van der Waals surface area contributed by atoms with Crippen LogP contribution in [0.4, 0.5) is 5.69 Å². The van der Waals surface area contributed by atoms with E-state index in [4.69, 9.17) is 23.2 Å². The van der Waals surface area contributed by atoms with E-state index in [0.717, 1.165) is 11.1 Å². The van der Waals surface area contributed by atoms with Crippen LogP contribution in [0.1, 0.15) is 11.1 Å². The van der Waals surface area contributed by atoms with Crippen molar-refractivity contribution in [1.29, 1.82) is 0 Å². The van der Waals surface area contributed by atoms with Gasteiger partial charge in [-0.05, 0) is 43.2 Å². The van der Waals surface area contributed by atoms with Gasteiger partial charge in [0.05, 0.1) is 27.2 Å². The molecule has 0 fully saturated rings. The summed E-state index contributed by atoms with van der Waals surface area (Å²) in [5.41, 5.74) is 2.25. The van der Waals surface area contributed by atoms with E-state index in [0.29, 0.717) is 17.1 Å². The maximum Gasteiger partial charge on any atom is 0.243 e. The van der Waals surface area contributed by atoms with Crippen LogP contribution in [-0.4, -0.2) is 31.7 Å². The van der Waals surface area contributed by atoms with Gasteiger partial charge in [0.15, 0.2) is 0 Å². The Bertz CT molecular complexity index is 1150. The van der Waals surface area contributed by atoms with E-state index in [1.165, 1.54) is 4.31 Å². The third kappa shape index (κ3) is 6.08. The topological polar surface area (TPSA) is 66.5 Å². The average Bonchev–Trinajstić information content (AvgIpc) is 2.75. The van der Waals surface area contributed by atoms with Crippen LogP contribution in [0.3, 0.4) is 0 Å². The molecule has 1 N–H and O–H groups in total. The van der Waals surface area contributed by atoms with Crippen LogP contribution in [0.15, 0.2) is 77.7 Å². The highest BCUT2D eigenvalue weighted by Crippen LogP contribution is 2.29. The maximum absolute atomic E-state index is 13.3. The average molecular weight is 477 g/mol. The summed E-state index contributed by atoms with van der Waals surface area (Å²) in [6, 6.07) is 20.9. The van der Waals surface area contributed by atoms with Gasteiger partial charge in [-0.25, -0.2) is 8.42 Å². The predicted octanol–water partition coefficient (Wildman–Crippen LogP) is 5.17. The standard InChI is InChI=1S/C23H22Cl2N2O3S/c1-17-10-12-19(13-11-17)31(29,30)27(15-14-18-6-3-2-4-7-18)16-22(28)26-21-9-5-8-20(24)23(21)25/h2-13H,14-16H2,1H3,(H,26,28). The van der Waals surface area contributed by atoms with E-state index in [9.17, 15) is 13.2 Å². The van der Waals surface area contributed by atoms with Crippen LogP contribution < -0.4 is 5.32 Å². The highest BCUT2D eigenvalue weighted by Gasteiger charge is 2.26. The number of benzene rings is 3. The van der Waals surface area contributed by atoms with Crippen LogP contribution in [0.2, 0.25) is 10.0 Å². The number of hydrogen-bond acceptors (Lipinski definition) is 3. The molecule has 162 valence electrons. The minimum Gasteiger partial charge on any atom is -0.324 e. The number of anilines is 1. The monoisotopic (exact) mass is 476 g/mol. The van der Waals surface area contributed by atoms with Crippen molar-refractivity contribution in [3.8, 4) is 0 Å². The largest absolute Gasteiger partial charge is 0.324 e. The first-order valence-corrected chi connectivity index (χ1v) is 11.8. The van der Waals surface area contributed by atoms with Gasteiger partial charge in [0.25, 0.3) is 0 Å². The lowest BCUT2D eigenvalue weighted by Crippen LogP contribution is -2.39. The Labute approximate surface area is 192 Å². The summed E-state index contributed by atoms with van der Waals surface area (Å²) in [7, 11) is -3.88. The second-order valence-corrected chi connectivity index (χ2v) is 9.76. The molecule has 0 unspecified atom stereocenters. The van der Waals surface area contributed by atoms with E-state index in [-0.39, 0.29) is 23.0 Å². The molecule has 8 heteroatoms. The molecule has 1 amide bonds. The molecule has 0 saturated heterocycles. The minimum atomic E-state index is -3.88. The maximum atomic E-state index is 13.3. The number of halogens is 2. The van der Waals surface area contributed by atoms with E-state index in [2.05, 4.69) is 5.32 Å². The van der Waals surface area contributed by atoms with Gasteiger partial charge in [0, 0.05) is 6.54 Å². The first-order chi connectivity index (χ1) is 14.8. The van der Waals surface area contributed by atoms with Crippen molar-refractivity contribution in [2.24, 2.45) is 0 Å². The third-order valence-corrected chi connectivity index (χ3v) is 7.38. The third-order valence-electron chi connectivity index (χ3n) is 4.70. The van der Waals surface area contributed by atoms with Gasteiger partial charge in [0.1, 0.15) is 0 Å². The molecule has 3 rings (SSSR count). The van der Waals surface area contributed by atoms with Gasteiger partial charge in [-0.15, -0.1) is 0 Å². The number of hydrogen-bond donors (Lipinski definition) is 1. The van der Waals surface area contributed by atoms with E-state index >= 15 is 0 Å². The minimum absolute atomic E-state index is 0.139.